The Kier molecular flexibility index (Phi) is 2.97. The fourth-order valence-electron chi connectivity index (χ4n) is 5.13. The van der Waals surface area contributed by atoms with Crippen molar-refractivity contribution in [3.8, 4) is 0 Å². The number of hydrogen-bond acceptors (Lipinski definition) is 3. The Labute approximate surface area is 126 Å². The molecule has 0 aromatic heterocycles. The Bertz CT molecular complexity index is 529. The summed E-state index contributed by atoms with van der Waals surface area (Å²) in [6, 6.07) is 11.0. The van der Waals surface area contributed by atoms with Gasteiger partial charge in [-0.15, -0.1) is 0 Å². The molecule has 1 aliphatic heterocycles. The first-order chi connectivity index (χ1) is 10.1. The van der Waals surface area contributed by atoms with E-state index in [0.29, 0.717) is 24.1 Å². The van der Waals surface area contributed by atoms with Crippen molar-refractivity contribution in [2.24, 2.45) is 17.3 Å². The number of aliphatic hydroxyl groups excluding tert-OH is 1. The van der Waals surface area contributed by atoms with E-state index in [2.05, 4.69) is 49.1 Å². The van der Waals surface area contributed by atoms with Gasteiger partial charge >= 0.3 is 0 Å². The van der Waals surface area contributed by atoms with Crippen LogP contribution < -0.4 is 0 Å². The third kappa shape index (κ3) is 1.77. The molecule has 114 valence electrons. The maximum absolute atomic E-state index is 10.1. The lowest BCUT2D eigenvalue weighted by molar-refractivity contribution is -0.222. The van der Waals surface area contributed by atoms with Crippen molar-refractivity contribution < 1.29 is 9.84 Å². The van der Waals surface area contributed by atoms with Crippen molar-refractivity contribution in [3.05, 3.63) is 35.9 Å². The molecule has 3 saturated carbocycles. The van der Waals surface area contributed by atoms with Crippen LogP contribution in [-0.2, 0) is 11.3 Å². The number of ether oxygens (including phenoxy) is 1. The second-order valence-electron chi connectivity index (χ2n) is 7.68. The molecule has 5 rings (SSSR count). The predicted octanol–water partition coefficient (Wildman–Crippen LogP) is 2.64. The Hall–Kier alpha value is -0.900. The van der Waals surface area contributed by atoms with E-state index < -0.39 is 0 Å². The third-order valence-corrected chi connectivity index (χ3v) is 6.55. The largest absolute Gasteiger partial charge is 0.393 e. The molecule has 1 N–H and O–H groups in total. The van der Waals surface area contributed by atoms with E-state index in [1.807, 2.05) is 0 Å². The highest BCUT2D eigenvalue weighted by atomic mass is 16.5. The molecule has 0 amide bonds. The van der Waals surface area contributed by atoms with Crippen LogP contribution in [0.3, 0.4) is 0 Å². The number of aliphatic hydroxyl groups is 1. The highest BCUT2D eigenvalue weighted by Gasteiger charge is 2.68. The van der Waals surface area contributed by atoms with Crippen molar-refractivity contribution >= 4 is 0 Å². The topological polar surface area (TPSA) is 32.7 Å². The molecule has 21 heavy (non-hydrogen) atoms. The zero-order chi connectivity index (χ0) is 14.7. The number of rotatable bonds is 3. The number of nitrogens with zero attached hydrogens (tertiary/aromatic N) is 1. The van der Waals surface area contributed by atoms with Gasteiger partial charge in [0.25, 0.3) is 0 Å². The van der Waals surface area contributed by atoms with E-state index in [-0.39, 0.29) is 12.2 Å². The Morgan fingerprint density at radius 3 is 2.67 bits per heavy atom. The summed E-state index contributed by atoms with van der Waals surface area (Å²) in [5.41, 5.74) is 1.32. The molecule has 4 atom stereocenters. The molecule has 1 aromatic carbocycles. The van der Waals surface area contributed by atoms with Gasteiger partial charge in [0.1, 0.15) is 12.3 Å². The van der Waals surface area contributed by atoms with Crippen LogP contribution in [0, 0.1) is 17.3 Å². The molecule has 1 aromatic rings. The lowest BCUT2D eigenvalue weighted by atomic mass is 9.43. The van der Waals surface area contributed by atoms with Gasteiger partial charge in [0.05, 0.1) is 6.61 Å². The van der Waals surface area contributed by atoms with Crippen LogP contribution in [0.25, 0.3) is 0 Å². The van der Waals surface area contributed by atoms with Gasteiger partial charge in [-0.3, -0.25) is 4.90 Å². The van der Waals surface area contributed by atoms with E-state index in [1.165, 1.54) is 12.0 Å². The summed E-state index contributed by atoms with van der Waals surface area (Å²) >= 11 is 0. The van der Waals surface area contributed by atoms with Crippen LogP contribution in [0.15, 0.2) is 30.3 Å². The minimum absolute atomic E-state index is 0.157. The molecule has 4 aliphatic rings. The van der Waals surface area contributed by atoms with Gasteiger partial charge in [-0.05, 0) is 35.7 Å². The third-order valence-electron chi connectivity index (χ3n) is 6.55. The quantitative estimate of drug-likeness (QED) is 0.927. The molecule has 0 radical (unpaired) electrons. The van der Waals surface area contributed by atoms with Gasteiger partial charge in [0.2, 0.25) is 0 Å². The Balaban J connectivity index is 1.59. The van der Waals surface area contributed by atoms with Crippen LogP contribution in [0.5, 0.6) is 0 Å². The van der Waals surface area contributed by atoms with E-state index >= 15 is 0 Å². The fourth-order valence-corrected chi connectivity index (χ4v) is 5.13. The van der Waals surface area contributed by atoms with E-state index in [9.17, 15) is 5.11 Å². The van der Waals surface area contributed by atoms with Gasteiger partial charge in [0.15, 0.2) is 0 Å². The number of benzene rings is 1. The van der Waals surface area contributed by atoms with Crippen molar-refractivity contribution in [2.75, 3.05) is 13.3 Å². The van der Waals surface area contributed by atoms with Gasteiger partial charge in [0, 0.05) is 12.6 Å². The Morgan fingerprint density at radius 2 is 2.00 bits per heavy atom. The minimum atomic E-state index is -0.326. The summed E-state index contributed by atoms with van der Waals surface area (Å²) in [6.45, 7) is 6.43. The SMILES string of the molecule is CC1(C)[C@H]2C[C@@H]3N(Cc4ccccc4)CO[C@]3(CO)[C@@H]1C2. The van der Waals surface area contributed by atoms with Crippen molar-refractivity contribution in [1.29, 1.82) is 0 Å². The zero-order valence-electron chi connectivity index (χ0n) is 13.0. The molecule has 1 heterocycles. The average molecular weight is 287 g/mol. The highest BCUT2D eigenvalue weighted by molar-refractivity contribution is 5.20. The van der Waals surface area contributed by atoms with E-state index in [4.69, 9.17) is 4.74 Å². The van der Waals surface area contributed by atoms with Gasteiger partial charge in [-0.2, -0.15) is 0 Å². The molecule has 0 spiro atoms. The highest BCUT2D eigenvalue weighted by Crippen LogP contribution is 2.65. The molecule has 4 fully saturated rings. The summed E-state index contributed by atoms with van der Waals surface area (Å²) in [6.07, 6.45) is 2.39. The smallest absolute Gasteiger partial charge is 0.112 e. The first-order valence-corrected chi connectivity index (χ1v) is 8.11. The summed E-state index contributed by atoms with van der Waals surface area (Å²) in [5.74, 6) is 1.28. The molecule has 3 aliphatic carbocycles. The Morgan fingerprint density at radius 1 is 1.24 bits per heavy atom. The fraction of sp³-hybridized carbons (Fsp3) is 0.667. The molecule has 3 heteroatoms. The molecular formula is C18H25NO2. The zero-order valence-corrected chi connectivity index (χ0v) is 13.0. The summed E-state index contributed by atoms with van der Waals surface area (Å²) in [5, 5.41) is 10.1. The average Bonchev–Trinajstić information content (AvgIpc) is 2.87. The van der Waals surface area contributed by atoms with Gasteiger partial charge in [-0.1, -0.05) is 44.2 Å². The minimum Gasteiger partial charge on any atom is -0.393 e. The monoisotopic (exact) mass is 287 g/mol. The van der Waals surface area contributed by atoms with E-state index in [0.717, 1.165) is 18.9 Å². The summed E-state index contributed by atoms with van der Waals surface area (Å²) < 4.78 is 6.24. The maximum atomic E-state index is 10.1. The molecule has 3 nitrogen and oxygen atoms in total. The second kappa shape index (κ2) is 4.55. The summed E-state index contributed by atoms with van der Waals surface area (Å²) in [4.78, 5) is 2.43. The lowest BCUT2D eigenvalue weighted by Gasteiger charge is -2.65. The van der Waals surface area contributed by atoms with E-state index in [1.54, 1.807) is 0 Å². The molecular weight excluding hydrogens is 262 g/mol. The van der Waals surface area contributed by atoms with Crippen LogP contribution in [0.1, 0.15) is 32.3 Å². The second-order valence-corrected chi connectivity index (χ2v) is 7.68. The predicted molar refractivity (Wildman–Crippen MR) is 81.5 cm³/mol. The normalized spacial score (nSPS) is 40.6. The van der Waals surface area contributed by atoms with Crippen molar-refractivity contribution in [2.45, 2.75) is 44.9 Å². The first-order valence-electron chi connectivity index (χ1n) is 8.11. The van der Waals surface area contributed by atoms with Crippen LogP contribution >= 0.6 is 0 Å². The van der Waals surface area contributed by atoms with Crippen molar-refractivity contribution in [3.63, 3.8) is 0 Å². The van der Waals surface area contributed by atoms with Gasteiger partial charge < -0.3 is 9.84 Å². The first kappa shape index (κ1) is 13.7. The van der Waals surface area contributed by atoms with Crippen LogP contribution in [0.2, 0.25) is 0 Å². The van der Waals surface area contributed by atoms with Crippen LogP contribution in [-0.4, -0.2) is 35.0 Å². The van der Waals surface area contributed by atoms with Crippen molar-refractivity contribution in [1.82, 2.24) is 4.90 Å². The molecule has 2 bridgehead atoms. The maximum Gasteiger partial charge on any atom is 0.112 e. The summed E-state index contributed by atoms with van der Waals surface area (Å²) in [7, 11) is 0. The standard InChI is InChI=1S/C18H25NO2/c1-17(2)14-8-15(17)18(11-20)16(9-14)19(12-21-18)10-13-6-4-3-5-7-13/h3-7,14-16,20H,8-12H2,1-2H3/t14-,15-,16+,18-/m1/s1. The van der Waals surface area contributed by atoms with Gasteiger partial charge in [-0.25, -0.2) is 0 Å². The number of hydrogen-bond donors (Lipinski definition) is 1. The van der Waals surface area contributed by atoms with Crippen LogP contribution in [0.4, 0.5) is 0 Å². The molecule has 0 unspecified atom stereocenters. The molecule has 1 saturated heterocycles. The lowest BCUT2D eigenvalue weighted by Crippen LogP contribution is -2.69.